The third-order valence-corrected chi connectivity index (χ3v) is 5.29. The molecule has 0 spiro atoms. The van der Waals surface area contributed by atoms with Crippen molar-refractivity contribution in [2.45, 2.75) is 0 Å². The summed E-state index contributed by atoms with van der Waals surface area (Å²) in [5.41, 5.74) is 1.08. The molecule has 144 valence electrons. The van der Waals surface area contributed by atoms with Crippen molar-refractivity contribution in [3.63, 3.8) is 0 Å². The number of nitrogens with zero attached hydrogens (tertiary/aromatic N) is 1. The highest BCUT2D eigenvalue weighted by Crippen LogP contribution is 2.39. The summed E-state index contributed by atoms with van der Waals surface area (Å²) in [6.07, 6.45) is 1.57. The van der Waals surface area contributed by atoms with Crippen molar-refractivity contribution < 1.29 is 29.0 Å². The highest BCUT2D eigenvalue weighted by atomic mass is 79.9. The van der Waals surface area contributed by atoms with Crippen LogP contribution in [-0.4, -0.2) is 35.9 Å². The average Bonchev–Trinajstić information content (AvgIpc) is 2.95. The van der Waals surface area contributed by atoms with E-state index in [9.17, 15) is 14.4 Å². The number of anilines is 1. The minimum atomic E-state index is -1.11. The summed E-state index contributed by atoms with van der Waals surface area (Å²) in [6.45, 7) is -0.516. The normalized spacial score (nSPS) is 15.2. The van der Waals surface area contributed by atoms with Gasteiger partial charge in [-0.2, -0.15) is 0 Å². The molecular weight excluding hydrogens is 450 g/mol. The first kappa shape index (κ1) is 20.0. The zero-order valence-electron chi connectivity index (χ0n) is 14.5. The van der Waals surface area contributed by atoms with Crippen LogP contribution in [0.15, 0.2) is 51.8 Å². The molecule has 1 N–H and O–H groups in total. The first-order valence-corrected chi connectivity index (χ1v) is 9.56. The van der Waals surface area contributed by atoms with Crippen LogP contribution in [0.2, 0.25) is 0 Å². The number of carbonyl (C=O) groups is 3. The zero-order valence-corrected chi connectivity index (χ0v) is 17.0. The van der Waals surface area contributed by atoms with Gasteiger partial charge in [0.1, 0.15) is 0 Å². The molecule has 2 aromatic carbocycles. The number of imide groups is 1. The number of hydrogen-bond acceptors (Lipinski definition) is 6. The van der Waals surface area contributed by atoms with Crippen molar-refractivity contribution >= 4 is 56.6 Å². The largest absolute Gasteiger partial charge is 0.493 e. The van der Waals surface area contributed by atoms with Crippen molar-refractivity contribution in [2.24, 2.45) is 0 Å². The number of halogens is 1. The molecule has 28 heavy (non-hydrogen) atoms. The summed E-state index contributed by atoms with van der Waals surface area (Å²) in [5, 5.41) is 8.38. The van der Waals surface area contributed by atoms with E-state index in [1.54, 1.807) is 48.5 Å². The molecule has 1 aliphatic rings. The van der Waals surface area contributed by atoms with Crippen molar-refractivity contribution in [3.05, 3.63) is 57.4 Å². The lowest BCUT2D eigenvalue weighted by Gasteiger charge is -2.12. The molecule has 1 saturated heterocycles. The van der Waals surface area contributed by atoms with Gasteiger partial charge in [0.15, 0.2) is 18.1 Å². The van der Waals surface area contributed by atoms with E-state index in [0.717, 1.165) is 16.7 Å². The Morgan fingerprint density at radius 2 is 1.93 bits per heavy atom. The number of rotatable bonds is 6. The van der Waals surface area contributed by atoms with Gasteiger partial charge in [-0.3, -0.25) is 9.59 Å². The highest BCUT2D eigenvalue weighted by molar-refractivity contribution is 9.10. The van der Waals surface area contributed by atoms with Crippen LogP contribution in [0.5, 0.6) is 11.5 Å². The maximum Gasteiger partial charge on any atom is 0.341 e. The molecule has 0 bridgehead atoms. The van der Waals surface area contributed by atoms with E-state index in [4.69, 9.17) is 14.6 Å². The van der Waals surface area contributed by atoms with Gasteiger partial charge in [0.25, 0.3) is 11.1 Å². The van der Waals surface area contributed by atoms with E-state index in [2.05, 4.69) is 15.9 Å². The monoisotopic (exact) mass is 463 g/mol. The number of amides is 2. The molecule has 2 aromatic rings. The van der Waals surface area contributed by atoms with Gasteiger partial charge in [-0.05, 0) is 47.7 Å². The predicted octanol–water partition coefficient (Wildman–Crippen LogP) is 4.16. The number of carboxylic acid groups (broad SMARTS) is 1. The minimum absolute atomic E-state index is 0.242. The summed E-state index contributed by atoms with van der Waals surface area (Å²) in [7, 11) is 1.42. The maximum atomic E-state index is 12.7. The Labute approximate surface area is 173 Å². The molecule has 7 nitrogen and oxygen atoms in total. The average molecular weight is 464 g/mol. The summed E-state index contributed by atoms with van der Waals surface area (Å²) in [4.78, 5) is 37.1. The van der Waals surface area contributed by atoms with Gasteiger partial charge in [0.05, 0.1) is 17.7 Å². The van der Waals surface area contributed by atoms with E-state index in [0.29, 0.717) is 21.5 Å². The van der Waals surface area contributed by atoms with Crippen molar-refractivity contribution in [3.8, 4) is 11.5 Å². The standard InChI is InChI=1S/C19H14BrNO6S/c1-26-14-7-11(13(20)9-15(14)27-10-17(22)23)8-16-18(24)21(19(25)28-16)12-5-3-2-4-6-12/h2-9H,10H2,1H3,(H,22,23). The molecular formula is C19H14BrNO6S. The molecule has 0 atom stereocenters. The third kappa shape index (κ3) is 4.20. The van der Waals surface area contributed by atoms with Gasteiger partial charge in [0.2, 0.25) is 0 Å². The van der Waals surface area contributed by atoms with E-state index >= 15 is 0 Å². The molecule has 0 unspecified atom stereocenters. The van der Waals surface area contributed by atoms with Crippen molar-refractivity contribution in [1.29, 1.82) is 0 Å². The molecule has 1 fully saturated rings. The number of aliphatic carboxylic acids is 1. The Morgan fingerprint density at radius 3 is 2.57 bits per heavy atom. The Kier molecular flexibility index (Phi) is 6.05. The Bertz CT molecular complexity index is 976. The van der Waals surface area contributed by atoms with Crippen LogP contribution in [0.1, 0.15) is 5.56 Å². The Balaban J connectivity index is 1.92. The summed E-state index contributed by atoms with van der Waals surface area (Å²) in [6, 6.07) is 11.8. The predicted molar refractivity (Wildman–Crippen MR) is 109 cm³/mol. The van der Waals surface area contributed by atoms with Gasteiger partial charge in [-0.15, -0.1) is 0 Å². The SMILES string of the molecule is COc1cc(C=C2SC(=O)N(c3ccccc3)C2=O)c(Br)cc1OCC(=O)O. The second-order valence-corrected chi connectivity index (χ2v) is 7.41. The van der Waals surface area contributed by atoms with Gasteiger partial charge >= 0.3 is 5.97 Å². The summed E-state index contributed by atoms with van der Waals surface area (Å²) >= 11 is 4.21. The van der Waals surface area contributed by atoms with Crippen LogP contribution in [-0.2, 0) is 9.59 Å². The summed E-state index contributed by atoms with van der Waals surface area (Å²) in [5.74, 6) is -0.987. The molecule has 3 rings (SSSR count). The molecule has 0 radical (unpaired) electrons. The number of para-hydroxylation sites is 1. The van der Waals surface area contributed by atoms with Crippen LogP contribution >= 0.6 is 27.7 Å². The Morgan fingerprint density at radius 1 is 1.21 bits per heavy atom. The molecule has 2 amide bonds. The highest BCUT2D eigenvalue weighted by Gasteiger charge is 2.36. The number of methoxy groups -OCH3 is 1. The first-order chi connectivity index (χ1) is 13.4. The summed E-state index contributed by atoms with van der Waals surface area (Å²) < 4.78 is 11.0. The molecule has 9 heteroatoms. The quantitative estimate of drug-likeness (QED) is 0.642. The molecule has 1 aliphatic heterocycles. The third-order valence-electron chi connectivity index (χ3n) is 3.73. The van der Waals surface area contributed by atoms with Gasteiger partial charge in [0, 0.05) is 4.47 Å². The fourth-order valence-corrected chi connectivity index (χ4v) is 3.75. The lowest BCUT2D eigenvalue weighted by molar-refractivity contribution is -0.139. The lowest BCUT2D eigenvalue weighted by atomic mass is 10.1. The van der Waals surface area contributed by atoms with Gasteiger partial charge < -0.3 is 14.6 Å². The fraction of sp³-hybridized carbons (Fsp3) is 0.105. The van der Waals surface area contributed by atoms with Crippen LogP contribution in [0, 0.1) is 0 Å². The number of thioether (sulfide) groups is 1. The molecule has 1 heterocycles. The smallest absolute Gasteiger partial charge is 0.341 e. The Hall–Kier alpha value is -2.78. The maximum absolute atomic E-state index is 12.7. The second kappa shape index (κ2) is 8.49. The number of carboxylic acids is 1. The number of carbonyl (C=O) groups excluding carboxylic acids is 2. The topological polar surface area (TPSA) is 93.1 Å². The van der Waals surface area contributed by atoms with E-state index < -0.39 is 18.5 Å². The fourth-order valence-electron chi connectivity index (χ4n) is 2.48. The number of ether oxygens (including phenoxy) is 2. The second-order valence-electron chi connectivity index (χ2n) is 5.56. The van der Waals surface area contributed by atoms with E-state index in [1.807, 2.05) is 0 Å². The first-order valence-electron chi connectivity index (χ1n) is 7.96. The van der Waals surface area contributed by atoms with Crippen LogP contribution < -0.4 is 14.4 Å². The van der Waals surface area contributed by atoms with Gasteiger partial charge in [-0.25, -0.2) is 9.69 Å². The van der Waals surface area contributed by atoms with Gasteiger partial charge in [-0.1, -0.05) is 34.1 Å². The van der Waals surface area contributed by atoms with Crippen LogP contribution in [0.3, 0.4) is 0 Å². The van der Waals surface area contributed by atoms with Crippen LogP contribution in [0.4, 0.5) is 10.5 Å². The van der Waals surface area contributed by atoms with E-state index in [1.165, 1.54) is 7.11 Å². The van der Waals surface area contributed by atoms with Crippen molar-refractivity contribution in [2.75, 3.05) is 18.6 Å². The molecule has 0 aromatic heterocycles. The number of hydrogen-bond donors (Lipinski definition) is 1. The lowest BCUT2D eigenvalue weighted by Crippen LogP contribution is -2.27. The van der Waals surface area contributed by atoms with Crippen molar-refractivity contribution in [1.82, 2.24) is 0 Å². The molecule has 0 aliphatic carbocycles. The van der Waals surface area contributed by atoms with E-state index in [-0.39, 0.29) is 15.9 Å². The minimum Gasteiger partial charge on any atom is -0.493 e. The van der Waals surface area contributed by atoms with Crippen LogP contribution in [0.25, 0.3) is 6.08 Å². The zero-order chi connectivity index (χ0) is 20.3. The number of benzene rings is 2. The molecule has 0 saturated carbocycles.